The Morgan fingerprint density at radius 1 is 1.23 bits per heavy atom. The van der Waals surface area contributed by atoms with Crippen LogP contribution in [-0.4, -0.2) is 25.1 Å². The molecule has 1 N–H and O–H groups in total. The first kappa shape index (κ1) is 19.7. The third kappa shape index (κ3) is 5.20. The van der Waals surface area contributed by atoms with Crippen molar-refractivity contribution in [2.75, 3.05) is 12.4 Å². The molecule has 0 bridgehead atoms. The zero-order valence-corrected chi connectivity index (χ0v) is 15.4. The van der Waals surface area contributed by atoms with Gasteiger partial charge in [-0.2, -0.15) is 0 Å². The Kier molecular flexibility index (Phi) is 6.58. The molecule has 0 unspecified atom stereocenters. The Balaban J connectivity index is 1.98. The molecular formula is C19H19ClFNO4. The lowest BCUT2D eigenvalue weighted by Gasteiger charge is -2.15. The van der Waals surface area contributed by atoms with E-state index in [1.807, 2.05) is 19.1 Å². The number of nitrogens with one attached hydrogen (secondary N) is 1. The number of anilines is 1. The number of halogens is 2. The third-order valence-corrected chi connectivity index (χ3v) is 3.87. The summed E-state index contributed by atoms with van der Waals surface area (Å²) in [5.74, 6) is -1.34. The van der Waals surface area contributed by atoms with E-state index in [1.165, 1.54) is 26.2 Å². The third-order valence-electron chi connectivity index (χ3n) is 3.64. The lowest BCUT2D eigenvalue weighted by molar-refractivity contribution is -0.152. The first-order valence-electron chi connectivity index (χ1n) is 7.89. The van der Waals surface area contributed by atoms with Crippen LogP contribution in [0.25, 0.3) is 0 Å². The molecule has 5 nitrogen and oxygen atoms in total. The smallest absolute Gasteiger partial charge is 0.311 e. The molecule has 0 aliphatic carbocycles. The van der Waals surface area contributed by atoms with E-state index in [1.54, 1.807) is 6.07 Å². The molecule has 0 spiro atoms. The van der Waals surface area contributed by atoms with Gasteiger partial charge in [-0.15, -0.1) is 0 Å². The average molecular weight is 380 g/mol. The highest BCUT2D eigenvalue weighted by Crippen LogP contribution is 2.21. The normalized spacial score (nSPS) is 11.6. The molecule has 138 valence electrons. The number of carbonyl (C=O) groups is 2. The number of methoxy groups -OCH3 is 1. The summed E-state index contributed by atoms with van der Waals surface area (Å²) in [7, 11) is 1.51. The molecule has 0 radical (unpaired) electrons. The fourth-order valence-corrected chi connectivity index (χ4v) is 2.48. The second kappa shape index (κ2) is 8.67. The predicted molar refractivity (Wildman–Crippen MR) is 97.0 cm³/mol. The fourth-order valence-electron chi connectivity index (χ4n) is 2.32. The average Bonchev–Trinajstić information content (AvgIpc) is 2.57. The van der Waals surface area contributed by atoms with Crippen LogP contribution in [0, 0.1) is 12.7 Å². The number of carbonyl (C=O) groups excluding carboxylic acids is 2. The number of rotatable bonds is 6. The van der Waals surface area contributed by atoms with Crippen molar-refractivity contribution < 1.29 is 23.5 Å². The summed E-state index contributed by atoms with van der Waals surface area (Å²) in [5.41, 5.74) is 1.59. The molecular weight excluding hydrogens is 361 g/mol. The van der Waals surface area contributed by atoms with E-state index in [-0.39, 0.29) is 17.1 Å². The number of esters is 1. The summed E-state index contributed by atoms with van der Waals surface area (Å²) in [6.45, 7) is 3.31. The number of amides is 1. The van der Waals surface area contributed by atoms with Gasteiger partial charge in [-0.1, -0.05) is 29.3 Å². The molecule has 0 heterocycles. The Morgan fingerprint density at radius 3 is 2.62 bits per heavy atom. The molecule has 0 saturated carbocycles. The quantitative estimate of drug-likeness (QED) is 0.773. The van der Waals surface area contributed by atoms with E-state index in [0.29, 0.717) is 11.3 Å². The van der Waals surface area contributed by atoms with Crippen molar-refractivity contribution >= 4 is 29.2 Å². The van der Waals surface area contributed by atoms with Crippen LogP contribution in [0.15, 0.2) is 36.4 Å². The maximum absolute atomic E-state index is 13.7. The van der Waals surface area contributed by atoms with Gasteiger partial charge in [0, 0.05) is 10.6 Å². The number of ether oxygens (including phenoxy) is 2. The number of hydrogen-bond donors (Lipinski definition) is 1. The predicted octanol–water partition coefficient (Wildman–Crippen LogP) is 3.91. The zero-order chi connectivity index (χ0) is 19.3. The largest absolute Gasteiger partial charge is 0.496 e. The van der Waals surface area contributed by atoms with E-state index in [9.17, 15) is 14.0 Å². The minimum absolute atomic E-state index is 0.0392. The second-order valence-corrected chi connectivity index (χ2v) is 6.17. The first-order valence-corrected chi connectivity index (χ1v) is 8.27. The van der Waals surface area contributed by atoms with Crippen LogP contribution in [0.2, 0.25) is 5.02 Å². The van der Waals surface area contributed by atoms with Crippen molar-refractivity contribution in [2.45, 2.75) is 26.4 Å². The van der Waals surface area contributed by atoms with Crippen LogP contribution in [-0.2, 0) is 20.7 Å². The topological polar surface area (TPSA) is 64.6 Å². The summed E-state index contributed by atoms with van der Waals surface area (Å²) in [6.07, 6.45) is -1.13. The Morgan fingerprint density at radius 2 is 1.96 bits per heavy atom. The standard InChI is InChI=1S/C19H19ClFNO4/c1-11-4-7-17(25-3)13(8-11)9-18(23)26-12(2)19(24)22-16-6-5-14(20)10-15(16)21/h4-8,10,12H,9H2,1-3H3,(H,22,24)/t12-/m1/s1. The van der Waals surface area contributed by atoms with E-state index >= 15 is 0 Å². The van der Waals surface area contributed by atoms with Crippen LogP contribution in [0.1, 0.15) is 18.1 Å². The minimum atomic E-state index is -1.09. The highest BCUT2D eigenvalue weighted by Gasteiger charge is 2.20. The van der Waals surface area contributed by atoms with Crippen LogP contribution in [0.5, 0.6) is 5.75 Å². The second-order valence-electron chi connectivity index (χ2n) is 5.74. The van der Waals surface area contributed by atoms with Gasteiger partial charge in [0.15, 0.2) is 6.10 Å². The van der Waals surface area contributed by atoms with Crippen LogP contribution >= 0.6 is 11.6 Å². The Hall–Kier alpha value is -2.60. The zero-order valence-electron chi connectivity index (χ0n) is 14.6. The van der Waals surface area contributed by atoms with Gasteiger partial charge < -0.3 is 14.8 Å². The number of aryl methyl sites for hydroxylation is 1. The molecule has 0 fully saturated rings. The molecule has 0 aromatic heterocycles. The van der Waals surface area contributed by atoms with Crippen molar-refractivity contribution in [2.24, 2.45) is 0 Å². The summed E-state index contributed by atoms with van der Waals surface area (Å²) in [5, 5.41) is 2.58. The summed E-state index contributed by atoms with van der Waals surface area (Å²) in [4.78, 5) is 24.2. The molecule has 7 heteroatoms. The van der Waals surface area contributed by atoms with Crippen molar-refractivity contribution in [3.63, 3.8) is 0 Å². The van der Waals surface area contributed by atoms with Crippen molar-refractivity contribution in [3.05, 3.63) is 58.4 Å². The lowest BCUT2D eigenvalue weighted by Crippen LogP contribution is -2.30. The van der Waals surface area contributed by atoms with E-state index in [2.05, 4.69) is 5.32 Å². The molecule has 0 aliphatic heterocycles. The highest BCUT2D eigenvalue weighted by molar-refractivity contribution is 6.30. The van der Waals surface area contributed by atoms with E-state index in [4.69, 9.17) is 21.1 Å². The maximum Gasteiger partial charge on any atom is 0.311 e. The monoisotopic (exact) mass is 379 g/mol. The lowest BCUT2D eigenvalue weighted by atomic mass is 10.1. The van der Waals surface area contributed by atoms with Crippen LogP contribution < -0.4 is 10.1 Å². The van der Waals surface area contributed by atoms with Crippen LogP contribution in [0.4, 0.5) is 10.1 Å². The Labute approximate surface area is 156 Å². The van der Waals surface area contributed by atoms with Gasteiger partial charge in [-0.3, -0.25) is 9.59 Å². The van der Waals surface area contributed by atoms with Gasteiger partial charge in [0.25, 0.3) is 5.91 Å². The van der Waals surface area contributed by atoms with E-state index < -0.39 is 23.8 Å². The molecule has 26 heavy (non-hydrogen) atoms. The number of hydrogen-bond acceptors (Lipinski definition) is 4. The SMILES string of the molecule is COc1ccc(C)cc1CC(=O)O[C@H](C)C(=O)Nc1ccc(Cl)cc1F. The Bertz CT molecular complexity index is 825. The van der Waals surface area contributed by atoms with Crippen molar-refractivity contribution in [1.29, 1.82) is 0 Å². The molecule has 1 amide bonds. The first-order chi connectivity index (χ1) is 12.3. The summed E-state index contributed by atoms with van der Waals surface area (Å²) >= 11 is 5.67. The van der Waals surface area contributed by atoms with Gasteiger partial charge in [0.05, 0.1) is 19.2 Å². The minimum Gasteiger partial charge on any atom is -0.496 e. The highest BCUT2D eigenvalue weighted by atomic mass is 35.5. The molecule has 2 rings (SSSR count). The van der Waals surface area contributed by atoms with Gasteiger partial charge in [0.2, 0.25) is 0 Å². The molecule has 2 aromatic rings. The fraction of sp³-hybridized carbons (Fsp3) is 0.263. The van der Waals surface area contributed by atoms with Gasteiger partial charge in [-0.25, -0.2) is 4.39 Å². The maximum atomic E-state index is 13.7. The van der Waals surface area contributed by atoms with Crippen LogP contribution in [0.3, 0.4) is 0 Å². The molecule has 2 aromatic carbocycles. The molecule has 0 aliphatic rings. The number of benzene rings is 2. The summed E-state index contributed by atoms with van der Waals surface area (Å²) in [6, 6.07) is 9.30. The van der Waals surface area contributed by atoms with Crippen molar-refractivity contribution in [1.82, 2.24) is 0 Å². The van der Waals surface area contributed by atoms with E-state index in [0.717, 1.165) is 11.6 Å². The van der Waals surface area contributed by atoms with Gasteiger partial charge in [0.1, 0.15) is 11.6 Å². The van der Waals surface area contributed by atoms with Crippen molar-refractivity contribution in [3.8, 4) is 5.75 Å². The van der Waals surface area contributed by atoms with Gasteiger partial charge in [-0.05, 0) is 38.1 Å². The van der Waals surface area contributed by atoms with Gasteiger partial charge >= 0.3 is 5.97 Å². The molecule has 1 atom stereocenters. The summed E-state index contributed by atoms with van der Waals surface area (Å²) < 4.78 is 24.1. The molecule has 0 saturated heterocycles.